The Balaban J connectivity index is 0.000000524. The fraction of sp³-hybridized carbons (Fsp3) is 0.318. The molecule has 1 aliphatic rings. The molecule has 2 aromatic rings. The first kappa shape index (κ1) is 29.6. The Labute approximate surface area is 196 Å². The van der Waals surface area contributed by atoms with Crippen LogP contribution in [0.3, 0.4) is 0 Å². The number of nitrogens with zero attached hydrogens (tertiary/aromatic N) is 1. The largest absolute Gasteiger partial charge is 0.483 e. The number of anilines is 1. The Hall–Kier alpha value is -3.41. The molecule has 3 rings (SSSR count). The molecule has 180 valence electrons. The van der Waals surface area contributed by atoms with Crippen molar-refractivity contribution in [3.63, 3.8) is 0 Å². The fourth-order valence-electron chi connectivity index (χ4n) is 2.79. The second-order valence-electron chi connectivity index (χ2n) is 6.50. The number of hydrogen-bond donors (Lipinski definition) is 4. The van der Waals surface area contributed by atoms with E-state index in [0.717, 1.165) is 37.2 Å². The van der Waals surface area contributed by atoms with E-state index in [1.807, 2.05) is 6.92 Å². The molecule has 0 saturated heterocycles. The first-order valence-electron chi connectivity index (χ1n) is 9.67. The molecular formula is C22H29N3O7S. The van der Waals surface area contributed by atoms with Gasteiger partial charge in [-0.15, -0.1) is 11.3 Å². The Morgan fingerprint density at radius 1 is 1.15 bits per heavy atom. The molecule has 0 unspecified atom stereocenters. The summed E-state index contributed by atoms with van der Waals surface area (Å²) in [6.45, 7) is 3.57. The van der Waals surface area contributed by atoms with Crippen molar-refractivity contribution in [3.8, 4) is 0 Å². The third-order valence-electron chi connectivity index (χ3n) is 4.26. The van der Waals surface area contributed by atoms with E-state index in [4.69, 9.17) is 15.0 Å². The monoisotopic (exact) mass is 479 g/mol. The van der Waals surface area contributed by atoms with Crippen molar-refractivity contribution in [2.45, 2.75) is 19.9 Å². The summed E-state index contributed by atoms with van der Waals surface area (Å²) in [6, 6.07) is 6.75. The number of rotatable bonds is 4. The maximum atomic E-state index is 11.5. The van der Waals surface area contributed by atoms with Crippen molar-refractivity contribution in [3.05, 3.63) is 51.4 Å². The molecule has 0 saturated carbocycles. The van der Waals surface area contributed by atoms with Crippen LogP contribution >= 0.6 is 11.3 Å². The van der Waals surface area contributed by atoms with Crippen molar-refractivity contribution in [2.75, 3.05) is 33.1 Å². The summed E-state index contributed by atoms with van der Waals surface area (Å²) in [5.41, 5.74) is 3.30. The predicted molar refractivity (Wildman–Crippen MR) is 126 cm³/mol. The number of aliphatic hydroxyl groups is 1. The van der Waals surface area contributed by atoms with Gasteiger partial charge in [0.1, 0.15) is 0 Å². The fourth-order valence-corrected chi connectivity index (χ4v) is 4.02. The highest BCUT2D eigenvalue weighted by atomic mass is 32.1. The van der Waals surface area contributed by atoms with Crippen molar-refractivity contribution >= 4 is 47.2 Å². The van der Waals surface area contributed by atoms with E-state index in [1.165, 1.54) is 15.3 Å². The molecule has 1 aromatic heterocycles. The van der Waals surface area contributed by atoms with Gasteiger partial charge in [0.05, 0.1) is 10.6 Å². The number of carboxylic acid groups (broad SMARTS) is 1. The number of thiophene rings is 1. The van der Waals surface area contributed by atoms with Gasteiger partial charge in [-0.25, -0.2) is 0 Å². The van der Waals surface area contributed by atoms with E-state index in [0.29, 0.717) is 23.7 Å². The first-order chi connectivity index (χ1) is 15.8. The van der Waals surface area contributed by atoms with Gasteiger partial charge in [-0.05, 0) is 37.1 Å². The molecule has 0 radical (unpaired) electrons. The van der Waals surface area contributed by atoms with Gasteiger partial charge in [-0.3, -0.25) is 24.0 Å². The summed E-state index contributed by atoms with van der Waals surface area (Å²) in [7, 11) is 4.31. The summed E-state index contributed by atoms with van der Waals surface area (Å²) >= 11 is 1.55. The molecule has 10 nitrogen and oxygen atoms in total. The molecule has 0 fully saturated rings. The molecule has 2 amide bonds. The third kappa shape index (κ3) is 9.31. The molecular weight excluding hydrogens is 450 g/mol. The minimum Gasteiger partial charge on any atom is -0.483 e. The second kappa shape index (κ2) is 16.3. The highest BCUT2D eigenvalue weighted by Gasteiger charge is 2.18. The van der Waals surface area contributed by atoms with Crippen LogP contribution in [0.4, 0.5) is 5.00 Å². The lowest BCUT2D eigenvalue weighted by molar-refractivity contribution is -0.127. The Kier molecular flexibility index (Phi) is 14.6. The van der Waals surface area contributed by atoms with E-state index < -0.39 is 5.91 Å². The maximum Gasteiger partial charge on any atom is 0.290 e. The lowest BCUT2D eigenvalue weighted by Crippen LogP contribution is -2.22. The number of amides is 2. The lowest BCUT2D eigenvalue weighted by atomic mass is 10.1. The zero-order valence-corrected chi connectivity index (χ0v) is 19.8. The number of nitrogens with one attached hydrogen (secondary N) is 2. The summed E-state index contributed by atoms with van der Waals surface area (Å²) in [6.07, 6.45) is 1.99. The van der Waals surface area contributed by atoms with E-state index in [2.05, 4.69) is 10.6 Å². The second-order valence-corrected chi connectivity index (χ2v) is 7.61. The third-order valence-corrected chi connectivity index (χ3v) is 5.51. The molecule has 1 aliphatic heterocycles. The topological polar surface area (TPSA) is 153 Å². The number of benzene rings is 1. The zero-order valence-electron chi connectivity index (χ0n) is 19.0. The molecule has 4 N–H and O–H groups in total. The van der Waals surface area contributed by atoms with Gasteiger partial charge in [-0.2, -0.15) is 0 Å². The van der Waals surface area contributed by atoms with Crippen LogP contribution in [0.25, 0.3) is 0 Å². The highest BCUT2D eigenvalue weighted by molar-refractivity contribution is 7.16. The Morgan fingerprint density at radius 3 is 2.27 bits per heavy atom. The molecule has 1 aromatic carbocycles. The highest BCUT2D eigenvalue weighted by Crippen LogP contribution is 2.34. The number of carbonyl (C=O) groups is 5. The molecule has 0 spiro atoms. The van der Waals surface area contributed by atoms with Crippen LogP contribution in [-0.4, -0.2) is 73.7 Å². The maximum absolute atomic E-state index is 11.5. The van der Waals surface area contributed by atoms with Crippen molar-refractivity contribution < 1.29 is 34.2 Å². The van der Waals surface area contributed by atoms with Crippen molar-refractivity contribution in [2.24, 2.45) is 0 Å². The van der Waals surface area contributed by atoms with E-state index in [1.54, 1.807) is 49.7 Å². The number of carbonyl (C=O) groups excluding carboxylic acids is 4. The number of fused-ring (bicyclic) bond motifs is 1. The minimum absolute atomic E-state index is 0.150. The van der Waals surface area contributed by atoms with Crippen LogP contribution in [0.1, 0.15) is 36.7 Å². The van der Waals surface area contributed by atoms with Gasteiger partial charge in [-0.1, -0.05) is 18.2 Å². The van der Waals surface area contributed by atoms with Crippen LogP contribution in [0.15, 0.2) is 24.3 Å². The van der Waals surface area contributed by atoms with Gasteiger partial charge < -0.3 is 25.7 Å². The molecule has 0 aliphatic carbocycles. The van der Waals surface area contributed by atoms with Gasteiger partial charge in [0.15, 0.2) is 6.29 Å². The molecule has 11 heteroatoms. The van der Waals surface area contributed by atoms with Gasteiger partial charge in [0, 0.05) is 38.2 Å². The average Bonchev–Trinajstić information content (AvgIpc) is 3.15. The number of hydrogen-bond acceptors (Lipinski definition) is 8. The smallest absolute Gasteiger partial charge is 0.290 e. The zero-order chi connectivity index (χ0) is 25.4. The van der Waals surface area contributed by atoms with Gasteiger partial charge >= 0.3 is 0 Å². The summed E-state index contributed by atoms with van der Waals surface area (Å²) in [5.74, 6) is -0.729. The molecule has 33 heavy (non-hydrogen) atoms. The standard InChI is InChI=1S/C10H12N2O2S.C10H11NO2.CH2O2.CH4O/c1-6-7-2-3-11-4-8(7)15-10(6)12-9(14)5-13;1-11(2)10(13)9-6-4-3-5-8(9)7-12;2-1-3;1-2/h5,11H,2-4H2,1H3,(H,12,14);3-7H,1-2H3;1H,(H,2,3);2H,1H3. The lowest BCUT2D eigenvalue weighted by Gasteiger charge is -2.12. The van der Waals surface area contributed by atoms with E-state index >= 15 is 0 Å². The molecule has 0 bridgehead atoms. The first-order valence-corrected chi connectivity index (χ1v) is 10.5. The number of aldehydes is 2. The predicted octanol–water partition coefficient (Wildman–Crippen LogP) is 1.35. The van der Waals surface area contributed by atoms with Crippen LogP contribution in [0.2, 0.25) is 0 Å². The SMILES string of the molecule is CN(C)C(=O)c1ccccc1C=O.CO.Cc1c(NC(=O)C=O)sc2c1CCNC2.O=CO. The Morgan fingerprint density at radius 2 is 1.76 bits per heavy atom. The Bertz CT molecular complexity index is 942. The summed E-state index contributed by atoms with van der Waals surface area (Å²) < 4.78 is 0. The van der Waals surface area contributed by atoms with Crippen molar-refractivity contribution in [1.29, 1.82) is 0 Å². The van der Waals surface area contributed by atoms with Crippen LogP contribution < -0.4 is 10.6 Å². The minimum atomic E-state index is -0.579. The van der Waals surface area contributed by atoms with Gasteiger partial charge in [0.25, 0.3) is 18.3 Å². The normalized spacial score (nSPS) is 10.8. The van der Waals surface area contributed by atoms with Crippen LogP contribution in [-0.2, 0) is 27.3 Å². The molecule has 0 atom stereocenters. The summed E-state index contributed by atoms with van der Waals surface area (Å²) in [5, 5.41) is 20.6. The van der Waals surface area contributed by atoms with Gasteiger partial charge in [0.2, 0.25) is 6.29 Å². The summed E-state index contributed by atoms with van der Waals surface area (Å²) in [4.78, 5) is 54.3. The van der Waals surface area contributed by atoms with Crippen molar-refractivity contribution in [1.82, 2.24) is 10.2 Å². The van der Waals surface area contributed by atoms with E-state index in [-0.39, 0.29) is 12.4 Å². The quantitative estimate of drug-likeness (QED) is 0.379. The van der Waals surface area contributed by atoms with Crippen LogP contribution in [0, 0.1) is 6.92 Å². The van der Waals surface area contributed by atoms with Crippen LogP contribution in [0.5, 0.6) is 0 Å². The van der Waals surface area contributed by atoms with E-state index in [9.17, 15) is 19.2 Å². The average molecular weight is 480 g/mol. The molecule has 2 heterocycles. The number of aliphatic hydroxyl groups excluding tert-OH is 1.